The van der Waals surface area contributed by atoms with Gasteiger partial charge in [-0.05, 0) is 12.8 Å². The number of nitrogens with zero attached hydrogens (tertiary/aromatic N) is 2. The fourth-order valence-corrected chi connectivity index (χ4v) is 2.00. The van der Waals surface area contributed by atoms with E-state index in [4.69, 9.17) is 22.0 Å². The molecule has 2 rings (SSSR count). The lowest BCUT2D eigenvalue weighted by Gasteiger charge is -2.16. The molecular weight excluding hydrogens is 234 g/mol. The highest BCUT2D eigenvalue weighted by Gasteiger charge is 2.27. The summed E-state index contributed by atoms with van der Waals surface area (Å²) in [5.74, 6) is 2.62. The molecule has 6 nitrogen and oxygen atoms in total. The third-order valence-corrected chi connectivity index (χ3v) is 2.95. The third-order valence-electron chi connectivity index (χ3n) is 2.95. The average molecular weight is 249 g/mol. The van der Waals surface area contributed by atoms with E-state index < -0.39 is 11.9 Å². The maximum atomic E-state index is 11.8. The summed E-state index contributed by atoms with van der Waals surface area (Å²) < 4.78 is 6.92. The first-order valence-electron chi connectivity index (χ1n) is 5.73. The summed E-state index contributed by atoms with van der Waals surface area (Å²) in [5, 5.41) is 9.01. The van der Waals surface area contributed by atoms with Gasteiger partial charge in [0.25, 0.3) is 0 Å². The Bertz CT molecular complexity index is 532. The second-order valence-corrected chi connectivity index (χ2v) is 4.19. The summed E-state index contributed by atoms with van der Waals surface area (Å²) in [6, 6.07) is 0. The number of anilines is 1. The second-order valence-electron chi connectivity index (χ2n) is 4.19. The van der Waals surface area contributed by atoms with Crippen LogP contribution in [0.4, 0.5) is 5.82 Å². The number of aromatic nitrogens is 2. The number of hydrogen-bond donors (Lipinski definition) is 2. The fraction of sp³-hybridized carbons (Fsp3) is 0.500. The molecule has 0 radical (unpaired) electrons. The highest BCUT2D eigenvalue weighted by molar-refractivity contribution is 5.39. The van der Waals surface area contributed by atoms with Crippen molar-refractivity contribution in [1.82, 2.24) is 9.55 Å². The molecule has 6 heteroatoms. The lowest BCUT2D eigenvalue weighted by Crippen LogP contribution is -2.29. The van der Waals surface area contributed by atoms with Crippen molar-refractivity contribution in [1.29, 1.82) is 0 Å². The molecule has 96 valence electrons. The number of terminal acetylenes is 1. The molecule has 0 amide bonds. The van der Waals surface area contributed by atoms with Crippen LogP contribution in [0.2, 0.25) is 0 Å². The van der Waals surface area contributed by atoms with E-state index in [9.17, 15) is 4.79 Å². The topological polar surface area (TPSA) is 90.4 Å². The van der Waals surface area contributed by atoms with Crippen molar-refractivity contribution in [3.63, 3.8) is 0 Å². The highest BCUT2D eigenvalue weighted by Crippen LogP contribution is 2.27. The van der Waals surface area contributed by atoms with Crippen LogP contribution in [0, 0.1) is 12.3 Å². The number of rotatable bonds is 3. The number of aliphatic hydroxyl groups excluding tert-OH is 1. The van der Waals surface area contributed by atoms with Gasteiger partial charge < -0.3 is 15.6 Å². The lowest BCUT2D eigenvalue weighted by atomic mass is 10.2. The van der Waals surface area contributed by atoms with Gasteiger partial charge in [-0.1, -0.05) is 0 Å². The zero-order valence-corrected chi connectivity index (χ0v) is 9.87. The first kappa shape index (κ1) is 12.6. The minimum Gasteiger partial charge on any atom is -0.394 e. The Morgan fingerprint density at radius 2 is 2.44 bits per heavy atom. The molecule has 1 aromatic rings. The van der Waals surface area contributed by atoms with Crippen molar-refractivity contribution in [2.75, 3.05) is 12.3 Å². The zero-order valence-electron chi connectivity index (χ0n) is 9.87. The van der Waals surface area contributed by atoms with E-state index in [1.807, 2.05) is 0 Å². The monoisotopic (exact) mass is 249 g/mol. The second kappa shape index (κ2) is 5.21. The number of ether oxygens (including phenoxy) is 1. The summed E-state index contributed by atoms with van der Waals surface area (Å²) in [5.41, 5.74) is 5.80. The first-order chi connectivity index (χ1) is 8.65. The third kappa shape index (κ3) is 2.37. The minimum absolute atomic E-state index is 0.0507. The first-order valence-corrected chi connectivity index (χ1v) is 5.73. The molecular formula is C12H15N3O3. The summed E-state index contributed by atoms with van der Waals surface area (Å²) >= 11 is 0. The predicted molar refractivity (Wildman–Crippen MR) is 65.7 cm³/mol. The maximum absolute atomic E-state index is 11.8. The van der Waals surface area contributed by atoms with Crippen LogP contribution in [-0.2, 0) is 11.2 Å². The molecule has 3 N–H and O–H groups in total. The Kier molecular flexibility index (Phi) is 3.65. The van der Waals surface area contributed by atoms with E-state index in [2.05, 4.69) is 10.9 Å². The van der Waals surface area contributed by atoms with Crippen molar-refractivity contribution in [3.8, 4) is 12.3 Å². The molecule has 18 heavy (non-hydrogen) atoms. The van der Waals surface area contributed by atoms with Crippen LogP contribution in [0.3, 0.4) is 0 Å². The zero-order chi connectivity index (χ0) is 13.1. The van der Waals surface area contributed by atoms with E-state index in [1.54, 1.807) is 6.20 Å². The molecule has 2 heterocycles. The van der Waals surface area contributed by atoms with Crippen LogP contribution in [0.15, 0.2) is 11.0 Å². The minimum atomic E-state index is -0.461. The van der Waals surface area contributed by atoms with Gasteiger partial charge in [0.15, 0.2) is 0 Å². The van der Waals surface area contributed by atoms with Gasteiger partial charge in [0, 0.05) is 18.2 Å². The quantitative estimate of drug-likeness (QED) is 0.716. The number of aliphatic hydroxyl groups is 1. The molecule has 1 fully saturated rings. The van der Waals surface area contributed by atoms with Crippen LogP contribution >= 0.6 is 0 Å². The van der Waals surface area contributed by atoms with Crippen LogP contribution in [0.1, 0.15) is 24.6 Å². The molecule has 0 saturated carbocycles. The van der Waals surface area contributed by atoms with Gasteiger partial charge in [0.1, 0.15) is 12.0 Å². The van der Waals surface area contributed by atoms with Gasteiger partial charge in [0.2, 0.25) is 0 Å². The van der Waals surface area contributed by atoms with Crippen LogP contribution in [0.5, 0.6) is 0 Å². The Balaban J connectivity index is 2.31. The van der Waals surface area contributed by atoms with Gasteiger partial charge in [-0.25, -0.2) is 4.79 Å². The maximum Gasteiger partial charge on any atom is 0.351 e. The van der Waals surface area contributed by atoms with E-state index in [-0.39, 0.29) is 18.5 Å². The molecule has 1 aliphatic rings. The molecule has 1 saturated heterocycles. The Morgan fingerprint density at radius 3 is 3.06 bits per heavy atom. The smallest absolute Gasteiger partial charge is 0.351 e. The van der Waals surface area contributed by atoms with Gasteiger partial charge in [0.05, 0.1) is 12.7 Å². The molecule has 1 aliphatic heterocycles. The van der Waals surface area contributed by atoms with Gasteiger partial charge in [-0.2, -0.15) is 4.98 Å². The molecule has 2 atom stereocenters. The van der Waals surface area contributed by atoms with Crippen LogP contribution < -0.4 is 11.4 Å². The van der Waals surface area contributed by atoms with Crippen molar-refractivity contribution < 1.29 is 9.84 Å². The largest absolute Gasteiger partial charge is 0.394 e. The SMILES string of the molecule is C#CCc1cn([C@H]2CC[C@@H](CO)O2)c(=O)nc1N. The van der Waals surface area contributed by atoms with E-state index >= 15 is 0 Å². The van der Waals surface area contributed by atoms with Gasteiger partial charge >= 0.3 is 5.69 Å². The van der Waals surface area contributed by atoms with E-state index in [1.165, 1.54) is 4.57 Å². The molecule has 0 aromatic carbocycles. The summed E-state index contributed by atoms with van der Waals surface area (Å²) in [6.07, 6.45) is 7.88. The van der Waals surface area contributed by atoms with Crippen molar-refractivity contribution in [3.05, 3.63) is 22.2 Å². The number of nitrogens with two attached hydrogens (primary N) is 1. The van der Waals surface area contributed by atoms with Crippen LogP contribution in [-0.4, -0.2) is 27.4 Å². The van der Waals surface area contributed by atoms with Gasteiger partial charge in [-0.3, -0.25) is 4.57 Å². The lowest BCUT2D eigenvalue weighted by molar-refractivity contribution is -0.0246. The summed E-state index contributed by atoms with van der Waals surface area (Å²) in [4.78, 5) is 15.5. The molecule has 0 bridgehead atoms. The Labute approximate surface area is 104 Å². The molecule has 1 aromatic heterocycles. The van der Waals surface area contributed by atoms with Crippen LogP contribution in [0.25, 0.3) is 0 Å². The Morgan fingerprint density at radius 1 is 1.67 bits per heavy atom. The summed E-state index contributed by atoms with van der Waals surface area (Å²) in [6.45, 7) is -0.0507. The van der Waals surface area contributed by atoms with Crippen molar-refractivity contribution in [2.45, 2.75) is 31.6 Å². The van der Waals surface area contributed by atoms with Crippen molar-refractivity contribution in [2.24, 2.45) is 0 Å². The van der Waals surface area contributed by atoms with E-state index in [0.29, 0.717) is 24.8 Å². The average Bonchev–Trinajstić information content (AvgIpc) is 2.81. The van der Waals surface area contributed by atoms with Crippen molar-refractivity contribution >= 4 is 5.82 Å². The normalized spacial score (nSPS) is 22.9. The molecule has 0 unspecified atom stereocenters. The molecule has 0 spiro atoms. The highest BCUT2D eigenvalue weighted by atomic mass is 16.5. The fourth-order valence-electron chi connectivity index (χ4n) is 2.00. The predicted octanol–water partition coefficient (Wildman–Crippen LogP) is -0.329. The molecule has 0 aliphatic carbocycles. The van der Waals surface area contributed by atoms with Gasteiger partial charge in [-0.15, -0.1) is 12.3 Å². The number of hydrogen-bond acceptors (Lipinski definition) is 5. The summed E-state index contributed by atoms with van der Waals surface area (Å²) in [7, 11) is 0. The van der Waals surface area contributed by atoms with E-state index in [0.717, 1.165) is 0 Å². The number of nitrogen functional groups attached to an aromatic ring is 1. The standard InChI is InChI=1S/C12H15N3O3/c1-2-3-8-6-15(12(17)14-11(8)13)10-5-4-9(7-16)18-10/h1,6,9-10,16H,3-5,7H2,(H2,13,14,17)/t9-,10+/m0/s1. The Hall–Kier alpha value is -1.84.